The summed E-state index contributed by atoms with van der Waals surface area (Å²) in [4.78, 5) is 20.8. The number of aromatic nitrogens is 1. The van der Waals surface area contributed by atoms with E-state index in [-0.39, 0.29) is 5.91 Å². The fraction of sp³-hybridized carbons (Fsp3) is 0.143. The normalized spacial score (nSPS) is 11.1. The molecule has 1 amide bonds. The van der Waals surface area contributed by atoms with Crippen LogP contribution in [0.2, 0.25) is 0 Å². The minimum absolute atomic E-state index is 0.0575. The second kappa shape index (κ2) is 9.93. The van der Waals surface area contributed by atoms with E-state index >= 15 is 0 Å². The van der Waals surface area contributed by atoms with E-state index in [0.29, 0.717) is 24.0 Å². The van der Waals surface area contributed by atoms with E-state index in [0.717, 1.165) is 27.1 Å². The molecule has 0 saturated heterocycles. The summed E-state index contributed by atoms with van der Waals surface area (Å²) < 4.78 is 12.2. The van der Waals surface area contributed by atoms with Crippen molar-refractivity contribution in [2.75, 3.05) is 11.5 Å². The lowest BCUT2D eigenvalue weighted by molar-refractivity contribution is -0.119. The zero-order valence-corrected chi connectivity index (χ0v) is 19.6. The molecular formula is C28H24N2O3S. The quantitative estimate of drug-likeness (QED) is 0.256. The molecule has 0 unspecified atom stereocenters. The van der Waals surface area contributed by atoms with Gasteiger partial charge in [0.15, 0.2) is 5.13 Å². The Balaban J connectivity index is 1.59. The minimum Gasteiger partial charge on any atom is -0.494 e. The Morgan fingerprint density at radius 3 is 2.29 bits per heavy atom. The molecule has 2 aromatic heterocycles. The van der Waals surface area contributed by atoms with Crippen molar-refractivity contribution in [3.63, 3.8) is 0 Å². The molecular weight excluding hydrogens is 444 g/mol. The summed E-state index contributed by atoms with van der Waals surface area (Å²) in [5.41, 5.74) is 2.70. The number of hydrogen-bond acceptors (Lipinski definition) is 5. The van der Waals surface area contributed by atoms with Crippen molar-refractivity contribution in [1.82, 2.24) is 4.98 Å². The Labute approximate surface area is 202 Å². The maximum atomic E-state index is 14.2. The topological polar surface area (TPSA) is 55.6 Å². The highest BCUT2D eigenvalue weighted by Crippen LogP contribution is 2.35. The molecule has 5 rings (SSSR count). The molecule has 34 heavy (non-hydrogen) atoms. The van der Waals surface area contributed by atoms with E-state index < -0.39 is 5.92 Å². The van der Waals surface area contributed by atoms with Crippen LogP contribution in [0.1, 0.15) is 29.7 Å². The van der Waals surface area contributed by atoms with Crippen LogP contribution in [-0.2, 0) is 11.3 Å². The minimum atomic E-state index is -0.469. The smallest absolute Gasteiger partial charge is 0.241 e. The molecule has 0 radical (unpaired) electrons. The Hall–Kier alpha value is -3.90. The summed E-state index contributed by atoms with van der Waals surface area (Å²) >= 11 is 1.48. The second-order valence-corrected chi connectivity index (χ2v) is 8.83. The van der Waals surface area contributed by atoms with Crippen molar-refractivity contribution in [3.05, 3.63) is 114 Å². The van der Waals surface area contributed by atoms with Crippen molar-refractivity contribution in [2.24, 2.45) is 0 Å². The van der Waals surface area contributed by atoms with Crippen molar-refractivity contribution in [2.45, 2.75) is 19.4 Å². The van der Waals surface area contributed by atoms with Crippen molar-refractivity contribution >= 4 is 32.6 Å². The van der Waals surface area contributed by atoms with Crippen LogP contribution < -0.4 is 9.64 Å². The van der Waals surface area contributed by atoms with Crippen LogP contribution in [0.15, 0.2) is 102 Å². The number of thiazole rings is 1. The first-order chi connectivity index (χ1) is 16.7. The molecule has 6 heteroatoms. The first-order valence-electron chi connectivity index (χ1n) is 11.2. The number of amides is 1. The predicted octanol–water partition coefficient (Wildman–Crippen LogP) is 6.65. The summed E-state index contributed by atoms with van der Waals surface area (Å²) in [6.07, 6.45) is 1.62. The lowest BCUT2D eigenvalue weighted by Gasteiger charge is -2.25. The lowest BCUT2D eigenvalue weighted by Crippen LogP contribution is -2.35. The van der Waals surface area contributed by atoms with Gasteiger partial charge in [-0.15, -0.1) is 0 Å². The fourth-order valence-corrected chi connectivity index (χ4v) is 4.99. The highest BCUT2D eigenvalue weighted by atomic mass is 32.1. The number of anilines is 1. The molecule has 0 aliphatic heterocycles. The third-order valence-corrected chi connectivity index (χ3v) is 6.60. The SMILES string of the molecule is CCOc1ccc2nc(N(Cc3ccco3)C(=O)C(c3ccccc3)c3ccccc3)sc2c1. The number of benzene rings is 3. The number of hydrogen-bond donors (Lipinski definition) is 0. The molecule has 0 fully saturated rings. The molecule has 5 nitrogen and oxygen atoms in total. The third kappa shape index (κ3) is 4.58. The van der Waals surface area contributed by atoms with Gasteiger partial charge in [-0.2, -0.15) is 0 Å². The number of carbonyl (C=O) groups excluding carboxylic acids is 1. The van der Waals surface area contributed by atoms with Gasteiger partial charge in [0.05, 0.1) is 35.5 Å². The average Bonchev–Trinajstić information content (AvgIpc) is 3.54. The summed E-state index contributed by atoms with van der Waals surface area (Å²) in [6.45, 7) is 2.84. The standard InChI is InChI=1S/C28H24N2O3S/c1-2-32-22-15-16-24-25(18-22)34-28(29-24)30(19-23-14-9-17-33-23)27(31)26(20-10-5-3-6-11-20)21-12-7-4-8-13-21/h3-18,26H,2,19H2,1H3. The fourth-order valence-electron chi connectivity index (χ4n) is 3.99. The summed E-state index contributed by atoms with van der Waals surface area (Å²) in [6, 6.07) is 29.3. The molecule has 0 aliphatic carbocycles. The molecule has 0 saturated carbocycles. The molecule has 0 spiro atoms. The van der Waals surface area contributed by atoms with Crippen molar-refractivity contribution in [1.29, 1.82) is 0 Å². The van der Waals surface area contributed by atoms with Gasteiger partial charge in [0.25, 0.3) is 0 Å². The van der Waals surface area contributed by atoms with Gasteiger partial charge in [-0.1, -0.05) is 72.0 Å². The van der Waals surface area contributed by atoms with Crippen LogP contribution in [0, 0.1) is 0 Å². The van der Waals surface area contributed by atoms with Gasteiger partial charge in [0.2, 0.25) is 5.91 Å². The number of furan rings is 1. The van der Waals surface area contributed by atoms with Gasteiger partial charge >= 0.3 is 0 Å². The van der Waals surface area contributed by atoms with E-state index in [4.69, 9.17) is 14.1 Å². The molecule has 0 bridgehead atoms. The Kier molecular flexibility index (Phi) is 6.40. The zero-order valence-electron chi connectivity index (χ0n) is 18.8. The van der Waals surface area contributed by atoms with Crippen LogP contribution >= 0.6 is 11.3 Å². The molecule has 170 valence electrons. The Morgan fingerprint density at radius 1 is 0.971 bits per heavy atom. The first-order valence-corrected chi connectivity index (χ1v) is 12.0. The number of fused-ring (bicyclic) bond motifs is 1. The predicted molar refractivity (Wildman–Crippen MR) is 135 cm³/mol. The van der Waals surface area contributed by atoms with E-state index in [9.17, 15) is 4.79 Å². The number of carbonyl (C=O) groups is 1. The molecule has 5 aromatic rings. The summed E-state index contributed by atoms with van der Waals surface area (Å²) in [7, 11) is 0. The highest BCUT2D eigenvalue weighted by Gasteiger charge is 2.31. The van der Waals surface area contributed by atoms with Crippen molar-refractivity contribution < 1.29 is 13.9 Å². The van der Waals surface area contributed by atoms with E-state index in [1.807, 2.05) is 97.9 Å². The van der Waals surface area contributed by atoms with Crippen LogP contribution in [0.25, 0.3) is 10.2 Å². The average molecular weight is 469 g/mol. The number of nitrogens with zero attached hydrogens (tertiary/aromatic N) is 2. The van der Waals surface area contributed by atoms with E-state index in [1.165, 1.54) is 11.3 Å². The van der Waals surface area contributed by atoms with Crippen LogP contribution in [0.3, 0.4) is 0 Å². The van der Waals surface area contributed by atoms with Gasteiger partial charge in [-0.05, 0) is 48.4 Å². The second-order valence-electron chi connectivity index (χ2n) is 7.82. The summed E-state index contributed by atoms with van der Waals surface area (Å²) in [5, 5.41) is 0.627. The summed E-state index contributed by atoms with van der Waals surface area (Å²) in [5.74, 6) is 0.962. The van der Waals surface area contributed by atoms with E-state index in [2.05, 4.69) is 0 Å². The van der Waals surface area contributed by atoms with Crippen LogP contribution in [0.4, 0.5) is 5.13 Å². The van der Waals surface area contributed by atoms with Gasteiger partial charge < -0.3 is 9.15 Å². The molecule has 0 aliphatic rings. The van der Waals surface area contributed by atoms with Gasteiger partial charge in [-0.3, -0.25) is 9.69 Å². The molecule has 2 heterocycles. The molecule has 0 atom stereocenters. The first kappa shape index (κ1) is 21.9. The molecule has 0 N–H and O–H groups in total. The molecule has 3 aromatic carbocycles. The third-order valence-electron chi connectivity index (χ3n) is 5.56. The monoisotopic (exact) mass is 468 g/mol. The van der Waals surface area contributed by atoms with E-state index in [1.54, 1.807) is 11.2 Å². The maximum absolute atomic E-state index is 14.2. The highest BCUT2D eigenvalue weighted by molar-refractivity contribution is 7.22. The largest absolute Gasteiger partial charge is 0.494 e. The van der Waals surface area contributed by atoms with Gasteiger partial charge in [0, 0.05) is 0 Å². The van der Waals surface area contributed by atoms with Crippen LogP contribution in [0.5, 0.6) is 5.75 Å². The zero-order chi connectivity index (χ0) is 23.3. The Morgan fingerprint density at radius 2 is 1.68 bits per heavy atom. The maximum Gasteiger partial charge on any atom is 0.241 e. The number of rotatable bonds is 8. The Bertz CT molecular complexity index is 1330. The van der Waals surface area contributed by atoms with Crippen molar-refractivity contribution in [3.8, 4) is 5.75 Å². The van der Waals surface area contributed by atoms with Crippen LogP contribution in [-0.4, -0.2) is 17.5 Å². The van der Waals surface area contributed by atoms with Gasteiger partial charge in [0.1, 0.15) is 11.5 Å². The van der Waals surface area contributed by atoms with Gasteiger partial charge in [-0.25, -0.2) is 4.98 Å². The number of ether oxygens (including phenoxy) is 1. The lowest BCUT2D eigenvalue weighted by atomic mass is 9.90.